The van der Waals surface area contributed by atoms with E-state index in [1.54, 1.807) is 19.4 Å². The molecule has 0 bridgehead atoms. The predicted molar refractivity (Wildman–Crippen MR) is 50.0 cm³/mol. The molecule has 0 aliphatic rings. The molecule has 4 heteroatoms. The molecule has 0 N–H and O–H groups in total. The van der Waals surface area contributed by atoms with E-state index in [0.29, 0.717) is 17.0 Å². The van der Waals surface area contributed by atoms with Gasteiger partial charge in [-0.05, 0) is 18.5 Å². The normalized spacial score (nSPS) is 9.50. The van der Waals surface area contributed by atoms with Crippen LogP contribution in [0.25, 0.3) is 0 Å². The lowest BCUT2D eigenvalue weighted by molar-refractivity contribution is 0.101. The maximum Gasteiger partial charge on any atom is 0.173 e. The summed E-state index contributed by atoms with van der Waals surface area (Å²) in [6, 6.07) is 3.22. The van der Waals surface area contributed by atoms with Gasteiger partial charge in [0.15, 0.2) is 5.78 Å². The molecular formula is C8H8BClNO. The molecule has 1 heterocycles. The first-order valence-corrected chi connectivity index (χ1v) is 4.04. The molecule has 0 spiro atoms. The fourth-order valence-electron chi connectivity index (χ4n) is 0.847. The zero-order valence-corrected chi connectivity index (χ0v) is 7.51. The molecule has 1 rings (SSSR count). The van der Waals surface area contributed by atoms with Gasteiger partial charge >= 0.3 is 0 Å². The van der Waals surface area contributed by atoms with Crippen molar-refractivity contribution < 1.29 is 4.79 Å². The van der Waals surface area contributed by atoms with Crippen molar-refractivity contribution in [3.63, 3.8) is 0 Å². The Balaban J connectivity index is 2.81. The third kappa shape index (κ3) is 2.34. The van der Waals surface area contributed by atoms with Crippen LogP contribution in [0, 0.1) is 0 Å². The number of Topliss-reactive ketones (excluding diaryl/α,β-unsaturated/α-hetero) is 1. The Morgan fingerprint density at radius 2 is 2.50 bits per heavy atom. The van der Waals surface area contributed by atoms with Crippen molar-refractivity contribution in [3.05, 3.63) is 29.0 Å². The van der Waals surface area contributed by atoms with Gasteiger partial charge in [-0.25, -0.2) is 0 Å². The van der Waals surface area contributed by atoms with Gasteiger partial charge in [-0.3, -0.25) is 9.78 Å². The molecule has 0 saturated heterocycles. The van der Waals surface area contributed by atoms with Gasteiger partial charge in [-0.2, -0.15) is 0 Å². The minimum atomic E-state index is 0.000000000000000222. The van der Waals surface area contributed by atoms with Gasteiger partial charge in [-0.15, -0.1) is 0 Å². The van der Waals surface area contributed by atoms with E-state index in [4.69, 9.17) is 11.6 Å². The molecule has 1 aromatic heterocycles. The summed E-state index contributed by atoms with van der Waals surface area (Å²) in [5, 5.41) is 0.546. The minimum absolute atomic E-state index is 0.000000000000000222. The van der Waals surface area contributed by atoms with Gasteiger partial charge in [0.25, 0.3) is 0 Å². The summed E-state index contributed by atoms with van der Waals surface area (Å²) in [7, 11) is 1.80. The second kappa shape index (κ2) is 4.26. The van der Waals surface area contributed by atoms with Crippen LogP contribution in [0.1, 0.15) is 10.5 Å². The largest absolute Gasteiger partial charge is 0.293 e. The lowest BCUT2D eigenvalue weighted by atomic mass is 9.76. The van der Waals surface area contributed by atoms with E-state index in [0.717, 1.165) is 0 Å². The zero-order chi connectivity index (χ0) is 8.97. The Labute approximate surface area is 77.2 Å². The zero-order valence-electron chi connectivity index (χ0n) is 6.75. The number of ketones is 1. The van der Waals surface area contributed by atoms with Crippen LogP contribution in [0.4, 0.5) is 0 Å². The average molecular weight is 180 g/mol. The number of carbonyl (C=O) groups excluding carboxylic acids is 1. The second-order valence-corrected chi connectivity index (χ2v) is 2.83. The lowest BCUT2D eigenvalue weighted by Crippen LogP contribution is -2.03. The molecule has 1 aromatic rings. The maximum atomic E-state index is 11.2. The van der Waals surface area contributed by atoms with Crippen molar-refractivity contribution in [2.75, 3.05) is 0 Å². The summed E-state index contributed by atoms with van der Waals surface area (Å²) in [6.45, 7) is 1.84. The first-order chi connectivity index (χ1) is 5.74. The lowest BCUT2D eigenvalue weighted by Gasteiger charge is -1.96. The topological polar surface area (TPSA) is 30.0 Å². The van der Waals surface area contributed by atoms with E-state index in [2.05, 4.69) is 4.98 Å². The van der Waals surface area contributed by atoms with E-state index >= 15 is 0 Å². The van der Waals surface area contributed by atoms with E-state index in [-0.39, 0.29) is 5.78 Å². The SMILES string of the molecule is C[B]CC(=O)c1cc(Cl)ccn1. The molecule has 12 heavy (non-hydrogen) atoms. The first kappa shape index (κ1) is 9.26. The predicted octanol–water partition coefficient (Wildman–Crippen LogP) is 2.09. The second-order valence-electron chi connectivity index (χ2n) is 2.39. The molecular weight excluding hydrogens is 172 g/mol. The highest BCUT2D eigenvalue weighted by Crippen LogP contribution is 2.09. The third-order valence-corrected chi connectivity index (χ3v) is 1.63. The molecule has 0 unspecified atom stereocenters. The standard InChI is InChI=1S/C8H8BClNO/c1-9-5-8(12)7-4-6(10)2-3-11-7/h2-4H,5H2,1H3. The molecule has 0 aliphatic carbocycles. The summed E-state index contributed by atoms with van der Waals surface area (Å²) in [4.78, 5) is 15.1. The average Bonchev–Trinajstić information content (AvgIpc) is 2.05. The number of hydrogen-bond donors (Lipinski definition) is 0. The molecule has 0 aromatic carbocycles. The van der Waals surface area contributed by atoms with Crippen molar-refractivity contribution in [2.45, 2.75) is 13.1 Å². The summed E-state index contributed by atoms with van der Waals surface area (Å²) in [6.07, 6.45) is 1.94. The van der Waals surface area contributed by atoms with Crippen molar-refractivity contribution >= 4 is 24.7 Å². The van der Waals surface area contributed by atoms with Crippen molar-refractivity contribution in [1.82, 2.24) is 4.98 Å². The summed E-state index contributed by atoms with van der Waals surface area (Å²) >= 11 is 5.69. The van der Waals surface area contributed by atoms with Crippen LogP contribution < -0.4 is 0 Å². The Kier molecular flexibility index (Phi) is 3.29. The summed E-state index contributed by atoms with van der Waals surface area (Å²) in [5.74, 6) is 0.000000000000000222. The quantitative estimate of drug-likeness (QED) is 0.527. The van der Waals surface area contributed by atoms with Crippen molar-refractivity contribution in [3.8, 4) is 0 Å². The number of carbonyl (C=O) groups is 1. The van der Waals surface area contributed by atoms with Crippen LogP contribution in [-0.4, -0.2) is 18.0 Å². The highest BCUT2D eigenvalue weighted by molar-refractivity contribution is 6.41. The van der Waals surface area contributed by atoms with Gasteiger partial charge < -0.3 is 0 Å². The Hall–Kier alpha value is -0.825. The van der Waals surface area contributed by atoms with Crippen LogP contribution in [0.2, 0.25) is 18.2 Å². The van der Waals surface area contributed by atoms with Crippen molar-refractivity contribution in [1.29, 1.82) is 0 Å². The van der Waals surface area contributed by atoms with Gasteiger partial charge in [0.05, 0.1) is 0 Å². The summed E-state index contributed by atoms with van der Waals surface area (Å²) in [5.41, 5.74) is 0.431. The fourth-order valence-corrected chi connectivity index (χ4v) is 1.01. The van der Waals surface area contributed by atoms with E-state index in [1.807, 2.05) is 6.82 Å². The highest BCUT2D eigenvalue weighted by Gasteiger charge is 2.05. The number of rotatable bonds is 3. The minimum Gasteiger partial charge on any atom is -0.293 e. The van der Waals surface area contributed by atoms with Crippen LogP contribution in [0.15, 0.2) is 18.3 Å². The van der Waals surface area contributed by atoms with Crippen molar-refractivity contribution in [2.24, 2.45) is 0 Å². The van der Waals surface area contributed by atoms with Crippen LogP contribution in [-0.2, 0) is 0 Å². The Bertz CT molecular complexity index is 290. The first-order valence-electron chi connectivity index (χ1n) is 3.66. The summed E-state index contributed by atoms with van der Waals surface area (Å²) < 4.78 is 0. The smallest absolute Gasteiger partial charge is 0.173 e. The fraction of sp³-hybridized carbons (Fsp3) is 0.250. The van der Waals surface area contributed by atoms with Gasteiger partial charge in [-0.1, -0.05) is 18.4 Å². The molecule has 0 fully saturated rings. The number of hydrogen-bond acceptors (Lipinski definition) is 2. The van der Waals surface area contributed by atoms with Gasteiger partial charge in [0, 0.05) is 11.2 Å². The highest BCUT2D eigenvalue weighted by atomic mass is 35.5. The number of nitrogens with zero attached hydrogens (tertiary/aromatic N) is 1. The van der Waals surface area contributed by atoms with E-state index < -0.39 is 0 Å². The maximum absolute atomic E-state index is 11.2. The Morgan fingerprint density at radius 1 is 1.75 bits per heavy atom. The molecule has 0 saturated carbocycles. The van der Waals surface area contributed by atoms with E-state index in [1.165, 1.54) is 6.20 Å². The van der Waals surface area contributed by atoms with Crippen LogP contribution in [0.3, 0.4) is 0 Å². The molecule has 2 nitrogen and oxygen atoms in total. The molecule has 61 valence electrons. The van der Waals surface area contributed by atoms with Crippen LogP contribution >= 0.6 is 11.6 Å². The molecule has 0 amide bonds. The monoisotopic (exact) mass is 180 g/mol. The van der Waals surface area contributed by atoms with Gasteiger partial charge in [0.1, 0.15) is 13.0 Å². The Morgan fingerprint density at radius 3 is 3.08 bits per heavy atom. The van der Waals surface area contributed by atoms with E-state index in [9.17, 15) is 4.79 Å². The number of aromatic nitrogens is 1. The molecule has 0 aliphatic heterocycles. The molecule has 1 radical (unpaired) electrons. The molecule has 0 atom stereocenters. The number of pyridine rings is 1. The van der Waals surface area contributed by atoms with Crippen LogP contribution in [0.5, 0.6) is 0 Å². The number of halogens is 1. The van der Waals surface area contributed by atoms with Gasteiger partial charge in [0.2, 0.25) is 0 Å². The third-order valence-electron chi connectivity index (χ3n) is 1.40.